The zero-order valence-corrected chi connectivity index (χ0v) is 11.4. The van der Waals surface area contributed by atoms with Crippen molar-refractivity contribution in [3.63, 3.8) is 0 Å². The Labute approximate surface area is 121 Å². The molecule has 0 bridgehead atoms. The van der Waals surface area contributed by atoms with Crippen molar-refractivity contribution in [1.82, 2.24) is 4.57 Å². The van der Waals surface area contributed by atoms with Crippen LogP contribution >= 0.6 is 11.6 Å². The fourth-order valence-corrected chi connectivity index (χ4v) is 2.41. The van der Waals surface area contributed by atoms with Crippen LogP contribution in [0.2, 0.25) is 5.02 Å². The molecule has 0 unspecified atom stereocenters. The lowest BCUT2D eigenvalue weighted by molar-refractivity contribution is 0.992. The third-order valence-electron chi connectivity index (χ3n) is 3.15. The molecule has 3 rings (SSSR count). The van der Waals surface area contributed by atoms with E-state index in [-0.39, 0.29) is 10.6 Å². The fraction of sp³-hybridized carbons (Fsp3) is 0. The molecular weight excluding hydrogens is 270 g/mol. The van der Waals surface area contributed by atoms with Gasteiger partial charge in [-0.1, -0.05) is 60.1 Å². The minimum absolute atomic E-state index is 0.209. The van der Waals surface area contributed by atoms with Crippen molar-refractivity contribution in [3.05, 3.63) is 88.3 Å². The second-order valence-electron chi connectivity index (χ2n) is 4.42. The number of aromatic nitrogens is 1. The first-order valence-electron chi connectivity index (χ1n) is 6.29. The van der Waals surface area contributed by atoms with E-state index in [4.69, 9.17) is 11.6 Å². The number of hydrogen-bond donors (Lipinski definition) is 0. The Balaban J connectivity index is 2.16. The van der Waals surface area contributed by atoms with Crippen molar-refractivity contribution >= 4 is 11.6 Å². The maximum Gasteiger partial charge on any atom is 0.274 e. The van der Waals surface area contributed by atoms with Crippen molar-refractivity contribution in [1.29, 1.82) is 0 Å². The predicted molar refractivity (Wildman–Crippen MR) is 82.5 cm³/mol. The SMILES string of the molecule is O=c1c(Cl)c(-c2ccccc2)ccn1-c1ccccc1. The summed E-state index contributed by atoms with van der Waals surface area (Å²) >= 11 is 6.25. The lowest BCUT2D eigenvalue weighted by Gasteiger charge is -2.09. The number of benzene rings is 2. The molecule has 0 atom stereocenters. The average molecular weight is 282 g/mol. The van der Waals surface area contributed by atoms with Crippen LogP contribution in [0.4, 0.5) is 0 Å². The number of nitrogens with zero attached hydrogens (tertiary/aromatic N) is 1. The van der Waals surface area contributed by atoms with Gasteiger partial charge >= 0.3 is 0 Å². The summed E-state index contributed by atoms with van der Waals surface area (Å²) in [6.45, 7) is 0. The maximum absolute atomic E-state index is 12.4. The summed E-state index contributed by atoms with van der Waals surface area (Å²) in [5.74, 6) is 0. The average Bonchev–Trinajstić information content (AvgIpc) is 2.52. The van der Waals surface area contributed by atoms with Gasteiger partial charge in [0.05, 0.1) is 0 Å². The van der Waals surface area contributed by atoms with Gasteiger partial charge in [0.25, 0.3) is 5.56 Å². The van der Waals surface area contributed by atoms with Gasteiger partial charge in [0.15, 0.2) is 0 Å². The van der Waals surface area contributed by atoms with Crippen LogP contribution in [0, 0.1) is 0 Å². The molecule has 0 spiro atoms. The Morgan fingerprint density at radius 3 is 2.05 bits per heavy atom. The van der Waals surface area contributed by atoms with Crippen molar-refractivity contribution in [2.45, 2.75) is 0 Å². The quantitative estimate of drug-likeness (QED) is 0.691. The van der Waals surface area contributed by atoms with Crippen LogP contribution in [-0.2, 0) is 0 Å². The van der Waals surface area contributed by atoms with Gasteiger partial charge in [-0.05, 0) is 23.8 Å². The summed E-state index contributed by atoms with van der Waals surface area (Å²) in [5.41, 5.74) is 2.29. The van der Waals surface area contributed by atoms with E-state index in [1.54, 1.807) is 10.8 Å². The van der Waals surface area contributed by atoms with Gasteiger partial charge in [-0.15, -0.1) is 0 Å². The van der Waals surface area contributed by atoms with E-state index in [1.807, 2.05) is 66.7 Å². The fourth-order valence-electron chi connectivity index (χ4n) is 2.14. The van der Waals surface area contributed by atoms with Gasteiger partial charge in [-0.2, -0.15) is 0 Å². The number of pyridine rings is 1. The maximum atomic E-state index is 12.4. The van der Waals surface area contributed by atoms with Gasteiger partial charge < -0.3 is 0 Å². The van der Waals surface area contributed by atoms with Crippen LogP contribution < -0.4 is 5.56 Å². The van der Waals surface area contributed by atoms with Crippen molar-refractivity contribution < 1.29 is 0 Å². The lowest BCUT2D eigenvalue weighted by Crippen LogP contribution is -2.18. The summed E-state index contributed by atoms with van der Waals surface area (Å²) in [4.78, 5) is 12.4. The number of hydrogen-bond acceptors (Lipinski definition) is 1. The minimum Gasteiger partial charge on any atom is -0.283 e. The first-order chi connectivity index (χ1) is 9.77. The molecule has 0 aliphatic carbocycles. The zero-order valence-electron chi connectivity index (χ0n) is 10.7. The van der Waals surface area contributed by atoms with E-state index in [0.29, 0.717) is 0 Å². The number of rotatable bonds is 2. The molecule has 98 valence electrons. The summed E-state index contributed by atoms with van der Waals surface area (Å²) in [6.07, 6.45) is 1.76. The normalized spacial score (nSPS) is 10.4. The van der Waals surface area contributed by atoms with Crippen LogP contribution in [0.3, 0.4) is 0 Å². The van der Waals surface area contributed by atoms with Gasteiger partial charge in [0, 0.05) is 17.4 Å². The van der Waals surface area contributed by atoms with Gasteiger partial charge in [0.1, 0.15) is 5.02 Å². The first-order valence-corrected chi connectivity index (χ1v) is 6.67. The molecule has 0 saturated carbocycles. The van der Waals surface area contributed by atoms with Crippen molar-refractivity contribution in [2.75, 3.05) is 0 Å². The second-order valence-corrected chi connectivity index (χ2v) is 4.80. The Bertz CT molecular complexity index is 779. The molecule has 3 heteroatoms. The molecule has 20 heavy (non-hydrogen) atoms. The second kappa shape index (κ2) is 5.35. The van der Waals surface area contributed by atoms with Crippen LogP contribution in [0.5, 0.6) is 0 Å². The highest BCUT2D eigenvalue weighted by Crippen LogP contribution is 2.25. The Kier molecular flexibility index (Phi) is 3.40. The molecule has 3 aromatic rings. The summed E-state index contributed by atoms with van der Waals surface area (Å²) in [7, 11) is 0. The third-order valence-corrected chi connectivity index (χ3v) is 3.52. The van der Waals surface area contributed by atoms with Gasteiger partial charge in [-0.25, -0.2) is 0 Å². The van der Waals surface area contributed by atoms with Gasteiger partial charge in [0.2, 0.25) is 0 Å². The van der Waals surface area contributed by atoms with Gasteiger partial charge in [-0.3, -0.25) is 9.36 Å². The van der Waals surface area contributed by atoms with Crippen LogP contribution in [0.15, 0.2) is 77.7 Å². The van der Waals surface area contributed by atoms with Crippen LogP contribution in [-0.4, -0.2) is 4.57 Å². The molecule has 0 N–H and O–H groups in total. The van der Waals surface area contributed by atoms with E-state index in [1.165, 1.54) is 0 Å². The smallest absolute Gasteiger partial charge is 0.274 e. The molecule has 0 radical (unpaired) electrons. The summed E-state index contributed by atoms with van der Waals surface area (Å²) < 4.78 is 1.55. The highest BCUT2D eigenvalue weighted by atomic mass is 35.5. The summed E-state index contributed by atoms with van der Waals surface area (Å²) in [6, 6.07) is 21.0. The molecule has 0 aliphatic heterocycles. The van der Waals surface area contributed by atoms with Crippen LogP contribution in [0.25, 0.3) is 16.8 Å². The molecule has 0 amide bonds. The highest BCUT2D eigenvalue weighted by molar-refractivity contribution is 6.33. The molecule has 0 aliphatic rings. The zero-order chi connectivity index (χ0) is 13.9. The van der Waals surface area contributed by atoms with E-state index in [9.17, 15) is 4.79 Å². The summed E-state index contributed by atoms with van der Waals surface area (Å²) in [5, 5.41) is 0.238. The largest absolute Gasteiger partial charge is 0.283 e. The first kappa shape index (κ1) is 12.7. The molecule has 1 heterocycles. The van der Waals surface area contributed by atoms with E-state index in [0.717, 1.165) is 16.8 Å². The molecule has 2 nitrogen and oxygen atoms in total. The monoisotopic (exact) mass is 281 g/mol. The predicted octanol–water partition coefficient (Wildman–Crippen LogP) is 4.16. The van der Waals surface area contributed by atoms with Crippen LogP contribution in [0.1, 0.15) is 0 Å². The Morgan fingerprint density at radius 1 is 0.800 bits per heavy atom. The van der Waals surface area contributed by atoms with Crippen molar-refractivity contribution in [3.8, 4) is 16.8 Å². The molecule has 2 aromatic carbocycles. The number of halogens is 1. The Hall–Kier alpha value is -2.32. The van der Waals surface area contributed by atoms with E-state index in [2.05, 4.69) is 0 Å². The number of para-hydroxylation sites is 1. The molecule has 0 saturated heterocycles. The van der Waals surface area contributed by atoms with E-state index < -0.39 is 0 Å². The van der Waals surface area contributed by atoms with E-state index >= 15 is 0 Å². The molecule has 1 aromatic heterocycles. The highest BCUT2D eigenvalue weighted by Gasteiger charge is 2.10. The molecular formula is C17H12ClNO. The van der Waals surface area contributed by atoms with Crippen molar-refractivity contribution in [2.24, 2.45) is 0 Å². The topological polar surface area (TPSA) is 22.0 Å². The standard InChI is InChI=1S/C17H12ClNO/c18-16-15(13-7-3-1-4-8-13)11-12-19(17(16)20)14-9-5-2-6-10-14/h1-12H. The Morgan fingerprint density at radius 2 is 1.40 bits per heavy atom. The lowest BCUT2D eigenvalue weighted by atomic mass is 10.1. The minimum atomic E-state index is -0.209. The third kappa shape index (κ3) is 2.26. The molecule has 0 fully saturated rings.